The molecule has 6 nitrogen and oxygen atoms in total. The third-order valence-corrected chi connectivity index (χ3v) is 3.76. The van der Waals surface area contributed by atoms with Crippen molar-refractivity contribution in [3.8, 4) is 0 Å². The van der Waals surface area contributed by atoms with Gasteiger partial charge in [-0.1, -0.05) is 13.8 Å². The quantitative estimate of drug-likeness (QED) is 0.662. The maximum absolute atomic E-state index is 10.9. The zero-order valence-corrected chi connectivity index (χ0v) is 11.1. The van der Waals surface area contributed by atoms with Gasteiger partial charge in [0.25, 0.3) is 0 Å². The Morgan fingerprint density at radius 1 is 1.50 bits per heavy atom. The predicted molar refractivity (Wildman–Crippen MR) is 69.5 cm³/mol. The van der Waals surface area contributed by atoms with Crippen LogP contribution in [0.5, 0.6) is 0 Å². The number of rotatable bonds is 3. The van der Waals surface area contributed by atoms with Gasteiger partial charge in [0.05, 0.1) is 4.92 Å². The number of anilines is 1. The van der Waals surface area contributed by atoms with Crippen molar-refractivity contribution in [3.05, 3.63) is 16.3 Å². The Hall–Kier alpha value is -1.59. The molecule has 1 aromatic rings. The van der Waals surface area contributed by atoms with Crippen LogP contribution in [0.2, 0.25) is 0 Å². The van der Waals surface area contributed by atoms with Gasteiger partial charge in [0.1, 0.15) is 6.20 Å². The summed E-state index contributed by atoms with van der Waals surface area (Å²) in [5, 5.41) is 18.3. The van der Waals surface area contributed by atoms with E-state index in [0.29, 0.717) is 11.7 Å². The van der Waals surface area contributed by atoms with E-state index in [2.05, 4.69) is 24.3 Å². The lowest BCUT2D eigenvalue weighted by molar-refractivity contribution is -0.384. The van der Waals surface area contributed by atoms with Crippen molar-refractivity contribution in [1.82, 2.24) is 9.78 Å². The number of aromatic nitrogens is 2. The van der Waals surface area contributed by atoms with Crippen LogP contribution in [-0.2, 0) is 7.05 Å². The molecule has 0 aliphatic heterocycles. The Bertz CT molecular complexity index is 443. The minimum Gasteiger partial charge on any atom is -0.360 e. The van der Waals surface area contributed by atoms with Crippen LogP contribution >= 0.6 is 0 Å². The second kappa shape index (κ2) is 4.96. The Morgan fingerprint density at radius 2 is 2.22 bits per heavy atom. The van der Waals surface area contributed by atoms with E-state index in [9.17, 15) is 10.1 Å². The second-order valence-corrected chi connectivity index (χ2v) is 5.44. The summed E-state index contributed by atoms with van der Waals surface area (Å²) >= 11 is 0. The van der Waals surface area contributed by atoms with Gasteiger partial charge in [-0.3, -0.25) is 14.8 Å². The first-order valence-electron chi connectivity index (χ1n) is 6.42. The normalized spacial score (nSPS) is 28.1. The standard InChI is InChI=1S/C12H20N4O2/c1-8-4-5-10(9(2)6-8)13-12-11(16(17)18)7-15(3)14-12/h7-10H,4-6H2,1-3H3,(H,13,14). The molecule has 3 atom stereocenters. The van der Waals surface area contributed by atoms with Crippen molar-refractivity contribution in [2.75, 3.05) is 5.32 Å². The summed E-state index contributed by atoms with van der Waals surface area (Å²) < 4.78 is 1.48. The predicted octanol–water partition coefficient (Wildman–Crippen LogP) is 2.56. The smallest absolute Gasteiger partial charge is 0.330 e. The molecular formula is C12H20N4O2. The number of hydrogen-bond donors (Lipinski definition) is 1. The maximum atomic E-state index is 10.9. The first-order valence-corrected chi connectivity index (χ1v) is 6.42. The number of aryl methyl sites for hydroxylation is 1. The van der Waals surface area contributed by atoms with E-state index in [1.54, 1.807) is 7.05 Å². The minimum absolute atomic E-state index is 0.0586. The van der Waals surface area contributed by atoms with Crippen LogP contribution in [0, 0.1) is 22.0 Å². The number of nitrogens with one attached hydrogen (secondary N) is 1. The van der Waals surface area contributed by atoms with E-state index in [1.807, 2.05) is 0 Å². The summed E-state index contributed by atoms with van der Waals surface area (Å²) in [4.78, 5) is 10.5. The van der Waals surface area contributed by atoms with Crippen molar-refractivity contribution in [2.24, 2.45) is 18.9 Å². The lowest BCUT2D eigenvalue weighted by Gasteiger charge is -2.32. The van der Waals surface area contributed by atoms with E-state index in [1.165, 1.54) is 17.3 Å². The molecule has 1 aliphatic rings. The van der Waals surface area contributed by atoms with E-state index in [4.69, 9.17) is 0 Å². The van der Waals surface area contributed by atoms with Crippen molar-refractivity contribution >= 4 is 11.5 Å². The van der Waals surface area contributed by atoms with E-state index in [0.717, 1.165) is 18.8 Å². The average Bonchev–Trinajstić information content (AvgIpc) is 2.64. The highest BCUT2D eigenvalue weighted by molar-refractivity contribution is 5.55. The summed E-state index contributed by atoms with van der Waals surface area (Å²) in [5.41, 5.74) is 0.0586. The summed E-state index contributed by atoms with van der Waals surface area (Å²) in [7, 11) is 1.70. The van der Waals surface area contributed by atoms with Gasteiger partial charge >= 0.3 is 5.69 Å². The molecule has 1 saturated carbocycles. The Balaban J connectivity index is 2.11. The second-order valence-electron chi connectivity index (χ2n) is 5.44. The lowest BCUT2D eigenvalue weighted by Crippen LogP contribution is -2.33. The van der Waals surface area contributed by atoms with Crippen LogP contribution in [0.3, 0.4) is 0 Å². The van der Waals surface area contributed by atoms with Crippen LogP contribution in [0.15, 0.2) is 6.20 Å². The molecule has 1 fully saturated rings. The number of nitrogens with zero attached hydrogens (tertiary/aromatic N) is 3. The fourth-order valence-electron chi connectivity index (χ4n) is 2.77. The van der Waals surface area contributed by atoms with Gasteiger partial charge in [0, 0.05) is 13.1 Å². The summed E-state index contributed by atoms with van der Waals surface area (Å²) in [5.74, 6) is 1.67. The lowest BCUT2D eigenvalue weighted by atomic mass is 9.80. The Labute approximate surface area is 107 Å². The third-order valence-electron chi connectivity index (χ3n) is 3.76. The molecule has 1 N–H and O–H groups in total. The van der Waals surface area contributed by atoms with Gasteiger partial charge in [0.15, 0.2) is 0 Å². The molecule has 3 unspecified atom stereocenters. The van der Waals surface area contributed by atoms with Crippen molar-refractivity contribution < 1.29 is 4.92 Å². The van der Waals surface area contributed by atoms with E-state index in [-0.39, 0.29) is 16.7 Å². The molecule has 6 heteroatoms. The summed E-state index contributed by atoms with van der Waals surface area (Å²) in [6, 6.07) is 0.287. The largest absolute Gasteiger partial charge is 0.360 e. The van der Waals surface area contributed by atoms with Crippen LogP contribution in [0.25, 0.3) is 0 Å². The Kier molecular flexibility index (Phi) is 3.54. The molecule has 18 heavy (non-hydrogen) atoms. The highest BCUT2D eigenvalue weighted by atomic mass is 16.6. The maximum Gasteiger partial charge on any atom is 0.330 e. The van der Waals surface area contributed by atoms with Gasteiger partial charge in [-0.05, 0) is 31.1 Å². The first-order chi connectivity index (χ1) is 8.47. The van der Waals surface area contributed by atoms with Crippen molar-refractivity contribution in [1.29, 1.82) is 0 Å². The van der Waals surface area contributed by atoms with E-state index >= 15 is 0 Å². The fourth-order valence-corrected chi connectivity index (χ4v) is 2.77. The monoisotopic (exact) mass is 252 g/mol. The number of nitro groups is 1. The minimum atomic E-state index is -0.383. The topological polar surface area (TPSA) is 73.0 Å². The van der Waals surface area contributed by atoms with Gasteiger partial charge in [0.2, 0.25) is 5.82 Å². The molecule has 0 spiro atoms. The summed E-state index contributed by atoms with van der Waals surface area (Å²) in [6.07, 6.45) is 4.83. The molecular weight excluding hydrogens is 232 g/mol. The molecule has 1 heterocycles. The fraction of sp³-hybridized carbons (Fsp3) is 0.750. The molecule has 0 radical (unpaired) electrons. The van der Waals surface area contributed by atoms with Crippen LogP contribution < -0.4 is 5.32 Å². The molecule has 0 aromatic carbocycles. The molecule has 100 valence electrons. The first kappa shape index (κ1) is 12.9. The highest BCUT2D eigenvalue weighted by Crippen LogP contribution is 2.32. The van der Waals surface area contributed by atoms with Gasteiger partial charge in [-0.25, -0.2) is 0 Å². The van der Waals surface area contributed by atoms with Gasteiger partial charge in [-0.15, -0.1) is 5.10 Å². The molecule has 1 aliphatic carbocycles. The SMILES string of the molecule is CC1CCC(Nc2nn(C)cc2[N+](=O)[O-])C(C)C1. The highest BCUT2D eigenvalue weighted by Gasteiger charge is 2.28. The third kappa shape index (κ3) is 2.63. The van der Waals surface area contributed by atoms with Gasteiger partial charge < -0.3 is 5.32 Å². The molecule has 0 amide bonds. The summed E-state index contributed by atoms with van der Waals surface area (Å²) in [6.45, 7) is 4.46. The molecule has 0 saturated heterocycles. The zero-order valence-electron chi connectivity index (χ0n) is 11.1. The Morgan fingerprint density at radius 3 is 2.83 bits per heavy atom. The van der Waals surface area contributed by atoms with Crippen LogP contribution in [0.4, 0.5) is 11.5 Å². The molecule has 1 aromatic heterocycles. The average molecular weight is 252 g/mol. The molecule has 0 bridgehead atoms. The van der Waals surface area contributed by atoms with Gasteiger partial charge in [-0.2, -0.15) is 0 Å². The zero-order chi connectivity index (χ0) is 13.3. The van der Waals surface area contributed by atoms with Crippen molar-refractivity contribution in [3.63, 3.8) is 0 Å². The van der Waals surface area contributed by atoms with Crippen LogP contribution in [-0.4, -0.2) is 20.7 Å². The van der Waals surface area contributed by atoms with Crippen molar-refractivity contribution in [2.45, 2.75) is 39.2 Å². The molecule has 2 rings (SSSR count). The van der Waals surface area contributed by atoms with E-state index < -0.39 is 0 Å². The number of hydrogen-bond acceptors (Lipinski definition) is 4. The van der Waals surface area contributed by atoms with Crippen LogP contribution in [0.1, 0.15) is 33.1 Å².